The summed E-state index contributed by atoms with van der Waals surface area (Å²) in [5, 5.41) is 18.6. The Morgan fingerprint density at radius 3 is 2.05 bits per heavy atom. The molecular weight excluding hydrogens is 526 g/mol. The van der Waals surface area contributed by atoms with Gasteiger partial charge in [-0.15, -0.1) is 0 Å². The molecule has 7 N–H and O–H groups in total. The summed E-state index contributed by atoms with van der Waals surface area (Å²) in [5.74, 6) is -1.68. The molecule has 3 amide bonds. The van der Waals surface area contributed by atoms with Crippen LogP contribution in [0.2, 0.25) is 0 Å². The number of hydrogen-bond donors (Lipinski definition) is 6. The van der Waals surface area contributed by atoms with E-state index in [0.29, 0.717) is 17.9 Å². The highest BCUT2D eigenvalue weighted by molar-refractivity contribution is 7.98. The van der Waals surface area contributed by atoms with Gasteiger partial charge in [0.05, 0.1) is 6.04 Å². The van der Waals surface area contributed by atoms with Crippen molar-refractivity contribution in [1.29, 1.82) is 0 Å². The maximum Gasteiger partial charge on any atom is 0.326 e. The third kappa shape index (κ3) is 9.25. The van der Waals surface area contributed by atoms with Crippen LogP contribution in [0.4, 0.5) is 0 Å². The van der Waals surface area contributed by atoms with Crippen LogP contribution in [0.5, 0.6) is 0 Å². The van der Waals surface area contributed by atoms with E-state index in [1.807, 2.05) is 50.6 Å². The summed E-state index contributed by atoms with van der Waals surface area (Å²) in [4.78, 5) is 54.3. The standard InChI is InChI=1S/C26H39N5O5S2/c1-15(2)22(27)25(34)29-19(9-11-37-3)23(32)31-21(24(33)30-20(26(35)36)10-12-38-4)13-16-14-28-18-8-6-5-7-17(16)18/h5-8,14-15,19-22,28H,9-13,27H2,1-4H3,(H,29,34)(H,30,33)(H,31,32)(H,35,36). The molecular formula is C26H39N5O5S2. The number of amides is 3. The average Bonchev–Trinajstić information content (AvgIpc) is 3.30. The van der Waals surface area contributed by atoms with Gasteiger partial charge in [0.25, 0.3) is 0 Å². The fraction of sp³-hybridized carbons (Fsp3) is 0.538. The fourth-order valence-electron chi connectivity index (χ4n) is 3.84. The van der Waals surface area contributed by atoms with Gasteiger partial charge in [-0.25, -0.2) is 4.79 Å². The Labute approximate surface area is 232 Å². The van der Waals surface area contributed by atoms with Gasteiger partial charge >= 0.3 is 5.97 Å². The molecule has 0 aliphatic rings. The number of rotatable bonds is 16. The second kappa shape index (κ2) is 15.6. The monoisotopic (exact) mass is 565 g/mol. The predicted molar refractivity (Wildman–Crippen MR) is 154 cm³/mol. The number of fused-ring (bicyclic) bond motifs is 1. The Morgan fingerprint density at radius 1 is 0.895 bits per heavy atom. The Morgan fingerprint density at radius 2 is 1.45 bits per heavy atom. The molecule has 38 heavy (non-hydrogen) atoms. The first kappa shape index (κ1) is 31.5. The third-order valence-corrected chi connectivity index (χ3v) is 7.51. The molecule has 0 aliphatic carbocycles. The highest BCUT2D eigenvalue weighted by Gasteiger charge is 2.31. The smallest absolute Gasteiger partial charge is 0.326 e. The SMILES string of the molecule is CSCCC(NC(=O)C(Cc1c[nH]c2ccccc12)NC(=O)C(CCSC)NC(=O)C(N)C(C)C)C(=O)O. The fourth-order valence-corrected chi connectivity index (χ4v) is 4.79. The molecule has 0 fully saturated rings. The molecule has 0 spiro atoms. The first-order valence-electron chi connectivity index (χ1n) is 12.5. The molecule has 1 heterocycles. The lowest BCUT2D eigenvalue weighted by molar-refractivity contribution is -0.142. The molecule has 0 bridgehead atoms. The first-order valence-corrected chi connectivity index (χ1v) is 15.3. The largest absolute Gasteiger partial charge is 0.480 e. The van der Waals surface area contributed by atoms with Crippen LogP contribution in [0.3, 0.4) is 0 Å². The number of nitrogens with one attached hydrogen (secondary N) is 4. The molecule has 2 aromatic rings. The van der Waals surface area contributed by atoms with Crippen molar-refractivity contribution in [2.24, 2.45) is 11.7 Å². The van der Waals surface area contributed by atoms with Gasteiger partial charge in [-0.1, -0.05) is 32.0 Å². The summed E-state index contributed by atoms with van der Waals surface area (Å²) in [6.45, 7) is 3.64. The lowest BCUT2D eigenvalue weighted by atomic mass is 10.0. The summed E-state index contributed by atoms with van der Waals surface area (Å²) >= 11 is 3.00. The number of nitrogens with two attached hydrogens (primary N) is 1. The van der Waals surface area contributed by atoms with Gasteiger partial charge in [0.15, 0.2) is 0 Å². The Hall–Kier alpha value is -2.70. The number of aliphatic carboxylic acids is 1. The summed E-state index contributed by atoms with van der Waals surface area (Å²) in [6.07, 6.45) is 6.24. The van der Waals surface area contributed by atoms with E-state index in [9.17, 15) is 24.3 Å². The van der Waals surface area contributed by atoms with Crippen LogP contribution in [0.15, 0.2) is 30.5 Å². The van der Waals surface area contributed by atoms with E-state index in [-0.39, 0.29) is 18.8 Å². The van der Waals surface area contributed by atoms with Gasteiger partial charge in [0.1, 0.15) is 18.1 Å². The van der Waals surface area contributed by atoms with Crippen LogP contribution in [0.1, 0.15) is 32.3 Å². The lowest BCUT2D eigenvalue weighted by Gasteiger charge is -2.25. The molecule has 1 aromatic carbocycles. The molecule has 2 rings (SSSR count). The third-order valence-electron chi connectivity index (χ3n) is 6.22. The molecule has 4 unspecified atom stereocenters. The van der Waals surface area contributed by atoms with E-state index in [2.05, 4.69) is 20.9 Å². The zero-order valence-electron chi connectivity index (χ0n) is 22.3. The van der Waals surface area contributed by atoms with Gasteiger partial charge in [-0.05, 0) is 54.4 Å². The molecule has 0 saturated heterocycles. The highest BCUT2D eigenvalue weighted by atomic mass is 32.2. The van der Waals surface area contributed by atoms with E-state index in [1.165, 1.54) is 23.5 Å². The Bertz CT molecular complexity index is 1090. The highest BCUT2D eigenvalue weighted by Crippen LogP contribution is 2.19. The van der Waals surface area contributed by atoms with Gasteiger partial charge in [-0.3, -0.25) is 14.4 Å². The average molecular weight is 566 g/mol. The molecule has 0 aliphatic heterocycles. The van der Waals surface area contributed by atoms with Gasteiger partial charge < -0.3 is 31.8 Å². The van der Waals surface area contributed by atoms with E-state index in [4.69, 9.17) is 5.73 Å². The zero-order valence-corrected chi connectivity index (χ0v) is 23.9. The van der Waals surface area contributed by atoms with Gasteiger partial charge in [0.2, 0.25) is 17.7 Å². The number of carboxylic acids is 1. The number of carbonyl (C=O) groups excluding carboxylic acids is 3. The van der Waals surface area contributed by atoms with Crippen molar-refractivity contribution in [3.63, 3.8) is 0 Å². The summed E-state index contributed by atoms with van der Waals surface area (Å²) in [7, 11) is 0. The number of aromatic amines is 1. The van der Waals surface area contributed by atoms with E-state index in [1.54, 1.807) is 6.20 Å². The Kier molecular flexibility index (Phi) is 13.0. The minimum atomic E-state index is -1.14. The van der Waals surface area contributed by atoms with Crippen molar-refractivity contribution in [2.75, 3.05) is 24.0 Å². The number of hydrogen-bond acceptors (Lipinski definition) is 7. The minimum absolute atomic E-state index is 0.117. The molecule has 0 saturated carbocycles. The van der Waals surface area contributed by atoms with E-state index in [0.717, 1.165) is 16.5 Å². The first-order chi connectivity index (χ1) is 18.1. The maximum atomic E-state index is 13.4. The predicted octanol–water partition coefficient (Wildman–Crippen LogP) is 1.74. The van der Waals surface area contributed by atoms with Crippen molar-refractivity contribution in [2.45, 2.75) is 57.3 Å². The van der Waals surface area contributed by atoms with Crippen LogP contribution >= 0.6 is 23.5 Å². The number of aromatic nitrogens is 1. The molecule has 210 valence electrons. The number of benzene rings is 1. The van der Waals surface area contributed by atoms with Crippen molar-refractivity contribution < 1.29 is 24.3 Å². The van der Waals surface area contributed by atoms with Crippen LogP contribution in [0.25, 0.3) is 10.9 Å². The van der Waals surface area contributed by atoms with Crippen molar-refractivity contribution in [3.8, 4) is 0 Å². The Balaban J connectivity index is 2.30. The number of H-pyrrole nitrogens is 1. The second-order valence-corrected chi connectivity index (χ2v) is 11.4. The molecule has 1 aromatic heterocycles. The van der Waals surface area contributed by atoms with Gasteiger partial charge in [-0.2, -0.15) is 23.5 Å². The van der Waals surface area contributed by atoms with Crippen LogP contribution < -0.4 is 21.7 Å². The molecule has 12 heteroatoms. The topological polar surface area (TPSA) is 166 Å². The number of thioether (sulfide) groups is 2. The van der Waals surface area contributed by atoms with Crippen molar-refractivity contribution in [1.82, 2.24) is 20.9 Å². The lowest BCUT2D eigenvalue weighted by Crippen LogP contribution is -2.58. The minimum Gasteiger partial charge on any atom is -0.480 e. The van der Waals surface area contributed by atoms with Crippen LogP contribution in [-0.2, 0) is 25.6 Å². The number of carboxylic acid groups (broad SMARTS) is 1. The quantitative estimate of drug-likeness (QED) is 0.179. The number of para-hydroxylation sites is 1. The van der Waals surface area contributed by atoms with Crippen molar-refractivity contribution >= 4 is 58.1 Å². The molecule has 10 nitrogen and oxygen atoms in total. The second-order valence-electron chi connectivity index (χ2n) is 9.42. The normalized spacial score (nSPS) is 14.5. The summed E-state index contributed by atoms with van der Waals surface area (Å²) < 4.78 is 0. The van der Waals surface area contributed by atoms with Crippen LogP contribution in [0, 0.1) is 5.92 Å². The molecule has 0 radical (unpaired) electrons. The molecule has 4 atom stereocenters. The summed E-state index contributed by atoms with van der Waals surface area (Å²) in [5.41, 5.74) is 7.65. The van der Waals surface area contributed by atoms with Crippen LogP contribution in [-0.4, -0.2) is 82.0 Å². The number of carbonyl (C=O) groups is 4. The van der Waals surface area contributed by atoms with E-state index >= 15 is 0 Å². The zero-order chi connectivity index (χ0) is 28.2. The maximum absolute atomic E-state index is 13.4. The van der Waals surface area contributed by atoms with Crippen molar-refractivity contribution in [3.05, 3.63) is 36.0 Å². The summed E-state index contributed by atoms with van der Waals surface area (Å²) in [6, 6.07) is 3.74. The van der Waals surface area contributed by atoms with Gasteiger partial charge in [0, 0.05) is 23.5 Å². The van der Waals surface area contributed by atoms with E-state index < -0.39 is 47.9 Å².